The van der Waals surface area contributed by atoms with Crippen molar-refractivity contribution in [3.8, 4) is 0 Å². The highest BCUT2D eigenvalue weighted by Crippen LogP contribution is 2.24. The number of allylic oxidation sites excluding steroid dienone is 4. The molecule has 1 amide bonds. The van der Waals surface area contributed by atoms with Crippen LogP contribution in [0.25, 0.3) is 0 Å². The maximum atomic E-state index is 13.2. The van der Waals surface area contributed by atoms with Crippen molar-refractivity contribution in [2.24, 2.45) is 0 Å². The molecule has 0 aromatic heterocycles. The number of carbonyl (C=O) groups excluding carboxylic acids is 1. The first-order valence-corrected chi connectivity index (χ1v) is 40.5. The molecule has 7 unspecified atom stereocenters. The van der Waals surface area contributed by atoms with Crippen LogP contribution >= 0.6 is 0 Å². The Hall–Kier alpha value is -1.33. The summed E-state index contributed by atoms with van der Waals surface area (Å²) in [5.41, 5.74) is 0. The van der Waals surface area contributed by atoms with Gasteiger partial charge in [-0.25, -0.2) is 0 Å². The lowest BCUT2D eigenvalue weighted by molar-refractivity contribution is -0.302. The Balaban J connectivity index is 2.04. The van der Waals surface area contributed by atoms with Crippen LogP contribution in [0.2, 0.25) is 0 Å². The molecule has 1 aliphatic heterocycles. The van der Waals surface area contributed by atoms with Gasteiger partial charge >= 0.3 is 0 Å². The van der Waals surface area contributed by atoms with E-state index in [1.54, 1.807) is 0 Å². The van der Waals surface area contributed by atoms with Crippen LogP contribution in [0.3, 0.4) is 0 Å². The first-order chi connectivity index (χ1) is 44.3. The van der Waals surface area contributed by atoms with Gasteiger partial charge in [-0.1, -0.05) is 404 Å². The van der Waals surface area contributed by atoms with E-state index in [0.29, 0.717) is 12.8 Å². The van der Waals surface area contributed by atoms with Gasteiger partial charge < -0.3 is 40.3 Å². The number of aliphatic hydroxyl groups excluding tert-OH is 5. The number of amides is 1. The fraction of sp³-hybridized carbons (Fsp3) is 0.938. The average molecular weight is 1270 g/mol. The molecule has 0 aromatic carbocycles. The molecule has 1 saturated heterocycles. The molecule has 0 spiro atoms. The SMILES string of the molecule is CCCCCCC/C=C\C/C=C\CCCCCCCCCCCCCCCCCCCCCCCCCC(=O)NC(COC1OC(CO)C(O)C(O)C1O)C(O)CCCCCCCCCCCCCCCCCCCCCCCCCCCCCCCCCC. The second kappa shape index (κ2) is 70.5. The van der Waals surface area contributed by atoms with E-state index in [1.165, 1.54) is 360 Å². The quantitative estimate of drug-likeness (QED) is 0.0261. The smallest absolute Gasteiger partial charge is 0.220 e. The number of carbonyl (C=O) groups is 1. The highest BCUT2D eigenvalue weighted by Gasteiger charge is 2.44. The number of ether oxygens (including phenoxy) is 2. The Kier molecular flexibility index (Phi) is 67.9. The Labute approximate surface area is 559 Å². The van der Waals surface area contributed by atoms with Crippen molar-refractivity contribution in [2.45, 2.75) is 474 Å². The molecule has 0 bridgehead atoms. The van der Waals surface area contributed by atoms with Crippen molar-refractivity contribution in [1.82, 2.24) is 5.32 Å². The van der Waals surface area contributed by atoms with Gasteiger partial charge in [-0.15, -0.1) is 0 Å². The summed E-state index contributed by atoms with van der Waals surface area (Å²) in [7, 11) is 0. The summed E-state index contributed by atoms with van der Waals surface area (Å²) in [6.07, 6.45) is 87.2. The van der Waals surface area contributed by atoms with Gasteiger partial charge in [0, 0.05) is 6.42 Å². The van der Waals surface area contributed by atoms with Gasteiger partial charge in [-0.3, -0.25) is 4.79 Å². The summed E-state index contributed by atoms with van der Waals surface area (Å²) in [4.78, 5) is 13.2. The standard InChI is InChI=1S/C81H157NO8/c1-3-5-7-9-11-13-15-17-19-21-23-25-27-29-31-33-35-37-38-39-41-43-45-47-49-51-53-55-57-59-61-63-65-67-69-71-77(85)82-74(73-89-81-80(88)79(87)78(86)76(72-83)90-81)75(84)70-68-66-64-62-60-58-56-54-52-50-48-46-44-42-40-36-34-32-30-28-26-24-22-20-18-16-14-12-10-8-6-4-2/h15,17,21,23,74-76,78-81,83-84,86-88H,3-14,16,18-20,22,24-73H2,1-2H3,(H,82,85)/b17-15-,23-21-. The van der Waals surface area contributed by atoms with Crippen molar-refractivity contribution in [2.75, 3.05) is 13.2 Å². The maximum absolute atomic E-state index is 13.2. The fourth-order valence-corrected chi connectivity index (χ4v) is 13.5. The summed E-state index contributed by atoms with van der Waals surface area (Å²) < 4.78 is 11.4. The second-order valence-corrected chi connectivity index (χ2v) is 28.6. The van der Waals surface area contributed by atoms with Crippen LogP contribution in [0, 0.1) is 0 Å². The Morgan fingerprint density at radius 3 is 0.956 bits per heavy atom. The Morgan fingerprint density at radius 1 is 0.378 bits per heavy atom. The first-order valence-electron chi connectivity index (χ1n) is 40.5. The van der Waals surface area contributed by atoms with Crippen molar-refractivity contribution >= 4 is 5.91 Å². The van der Waals surface area contributed by atoms with Crippen LogP contribution in [0.5, 0.6) is 0 Å². The topological polar surface area (TPSA) is 149 Å². The summed E-state index contributed by atoms with van der Waals surface area (Å²) in [6.45, 7) is 3.90. The predicted octanol–water partition coefficient (Wildman–Crippen LogP) is 23.2. The lowest BCUT2D eigenvalue weighted by atomic mass is 9.99. The van der Waals surface area contributed by atoms with Crippen LogP contribution in [0.1, 0.15) is 431 Å². The predicted molar refractivity (Wildman–Crippen MR) is 387 cm³/mol. The number of hydrogen-bond acceptors (Lipinski definition) is 8. The molecule has 9 heteroatoms. The lowest BCUT2D eigenvalue weighted by Gasteiger charge is -2.40. The summed E-state index contributed by atoms with van der Waals surface area (Å²) in [5.74, 6) is -0.133. The van der Waals surface area contributed by atoms with Crippen LogP contribution in [0.4, 0.5) is 0 Å². The van der Waals surface area contributed by atoms with Gasteiger partial charge in [0.05, 0.1) is 25.4 Å². The van der Waals surface area contributed by atoms with E-state index >= 15 is 0 Å². The molecule has 534 valence electrons. The van der Waals surface area contributed by atoms with E-state index in [1.807, 2.05) is 0 Å². The fourth-order valence-electron chi connectivity index (χ4n) is 13.5. The van der Waals surface area contributed by atoms with E-state index in [4.69, 9.17) is 9.47 Å². The van der Waals surface area contributed by atoms with Gasteiger partial charge in [-0.2, -0.15) is 0 Å². The molecule has 0 aliphatic carbocycles. The lowest BCUT2D eigenvalue weighted by Crippen LogP contribution is -2.60. The van der Waals surface area contributed by atoms with Gasteiger partial charge in [0.15, 0.2) is 6.29 Å². The third-order valence-corrected chi connectivity index (χ3v) is 19.8. The number of unbranched alkanes of at least 4 members (excludes halogenated alkanes) is 59. The average Bonchev–Trinajstić information content (AvgIpc) is 1.28. The molecular formula is C81H157NO8. The second-order valence-electron chi connectivity index (χ2n) is 28.6. The van der Waals surface area contributed by atoms with Gasteiger partial charge in [0.25, 0.3) is 0 Å². The Bertz CT molecular complexity index is 1480. The maximum Gasteiger partial charge on any atom is 0.220 e. The van der Waals surface area contributed by atoms with Crippen LogP contribution in [-0.2, 0) is 14.3 Å². The van der Waals surface area contributed by atoms with E-state index in [9.17, 15) is 30.3 Å². The Morgan fingerprint density at radius 2 is 0.656 bits per heavy atom. The third kappa shape index (κ3) is 58.1. The number of aliphatic hydroxyl groups is 5. The molecule has 1 rings (SSSR count). The van der Waals surface area contributed by atoms with Crippen molar-refractivity contribution < 1.29 is 39.8 Å². The highest BCUT2D eigenvalue weighted by atomic mass is 16.7. The molecule has 6 N–H and O–H groups in total. The largest absolute Gasteiger partial charge is 0.394 e. The van der Waals surface area contributed by atoms with Crippen molar-refractivity contribution in [3.05, 3.63) is 24.3 Å². The van der Waals surface area contributed by atoms with Gasteiger partial charge in [-0.05, 0) is 44.9 Å². The van der Waals surface area contributed by atoms with E-state index < -0.39 is 49.5 Å². The normalized spacial score (nSPS) is 17.8. The molecule has 7 atom stereocenters. The van der Waals surface area contributed by atoms with Crippen molar-refractivity contribution in [1.29, 1.82) is 0 Å². The number of nitrogens with one attached hydrogen (secondary N) is 1. The molecule has 90 heavy (non-hydrogen) atoms. The summed E-state index contributed by atoms with van der Waals surface area (Å²) >= 11 is 0. The molecule has 0 radical (unpaired) electrons. The molecule has 1 aliphatic rings. The molecule has 1 heterocycles. The summed E-state index contributed by atoms with van der Waals surface area (Å²) in [5, 5.41) is 55.1. The first kappa shape index (κ1) is 86.7. The molecule has 1 fully saturated rings. The minimum atomic E-state index is -1.55. The van der Waals surface area contributed by atoms with E-state index in [2.05, 4.69) is 43.5 Å². The number of hydrogen-bond donors (Lipinski definition) is 6. The molecule has 0 saturated carbocycles. The monoisotopic (exact) mass is 1270 g/mol. The molecule has 0 aromatic rings. The zero-order valence-corrected chi connectivity index (χ0v) is 60.2. The van der Waals surface area contributed by atoms with E-state index in [0.717, 1.165) is 44.9 Å². The van der Waals surface area contributed by atoms with Crippen molar-refractivity contribution in [3.63, 3.8) is 0 Å². The van der Waals surface area contributed by atoms with Gasteiger partial charge in [0.1, 0.15) is 24.4 Å². The van der Waals surface area contributed by atoms with Crippen LogP contribution in [0.15, 0.2) is 24.3 Å². The number of rotatable bonds is 73. The van der Waals surface area contributed by atoms with Crippen LogP contribution < -0.4 is 5.32 Å². The van der Waals surface area contributed by atoms with E-state index in [-0.39, 0.29) is 12.5 Å². The minimum Gasteiger partial charge on any atom is -0.394 e. The highest BCUT2D eigenvalue weighted by molar-refractivity contribution is 5.76. The minimum absolute atomic E-state index is 0.132. The zero-order valence-electron chi connectivity index (χ0n) is 60.2. The summed E-state index contributed by atoms with van der Waals surface area (Å²) in [6, 6.07) is -0.718. The molecular weight excluding hydrogens is 1110 g/mol. The van der Waals surface area contributed by atoms with Gasteiger partial charge in [0.2, 0.25) is 5.91 Å². The van der Waals surface area contributed by atoms with Crippen LogP contribution in [-0.4, -0.2) is 87.5 Å². The third-order valence-electron chi connectivity index (χ3n) is 19.8. The molecule has 9 nitrogen and oxygen atoms in total. The zero-order chi connectivity index (χ0) is 64.9.